The van der Waals surface area contributed by atoms with E-state index < -0.39 is 0 Å². The van der Waals surface area contributed by atoms with Gasteiger partial charge in [0.15, 0.2) is 0 Å². The topological polar surface area (TPSA) is 43.9 Å². The zero-order valence-corrected chi connectivity index (χ0v) is 42.4. The third kappa shape index (κ3) is 8.85. The number of fused-ring (bicyclic) bond motifs is 5. The van der Waals surface area contributed by atoms with Crippen LogP contribution in [0.5, 0.6) is 0 Å². The third-order valence-corrected chi connectivity index (χ3v) is 12.9. The molecular formula is C63H55IrN3O-2. The summed E-state index contributed by atoms with van der Waals surface area (Å²) in [5.74, 6) is 1.95. The van der Waals surface area contributed by atoms with E-state index in [2.05, 4.69) is 229 Å². The van der Waals surface area contributed by atoms with E-state index in [-0.39, 0.29) is 31.9 Å². The Morgan fingerprint density at radius 3 is 1.91 bits per heavy atom. The summed E-state index contributed by atoms with van der Waals surface area (Å²) in [6, 6.07) is 65.0. The molecule has 0 saturated carbocycles. The van der Waals surface area contributed by atoms with E-state index in [0.29, 0.717) is 5.92 Å². The van der Waals surface area contributed by atoms with Crippen LogP contribution in [0.25, 0.3) is 94.3 Å². The van der Waals surface area contributed by atoms with Gasteiger partial charge in [0, 0.05) is 37.4 Å². The molecule has 339 valence electrons. The van der Waals surface area contributed by atoms with E-state index in [4.69, 9.17) is 9.40 Å². The number of imidazole rings is 1. The summed E-state index contributed by atoms with van der Waals surface area (Å²) in [6.07, 6.45) is 1.90. The van der Waals surface area contributed by atoms with Crippen LogP contribution in [0.4, 0.5) is 0 Å². The fourth-order valence-electron chi connectivity index (χ4n) is 9.55. The standard InChI is InChI=1S/C43H35N2O.C20H20N.Ir/c1-27(2)36-24-32(30-16-9-6-10-17-30)25-37(28(3)4)41(36)45-39-21-12-11-20-38(39)44-43(45)35-19-13-18-34-33-23-22-31(26-40(33)46-42(34)35)29-14-7-5-8-15-29;1-13(2)16-5-6-19-17(12-16)7-8-21-20(19)18-10-14(3)9-15(4)11-18;/h5-18,20-28H,1-4H3;5-10,12-13H,1-4H3;/q2*-1;. The van der Waals surface area contributed by atoms with E-state index in [9.17, 15) is 0 Å². The Kier molecular flexibility index (Phi) is 13.2. The SMILES string of the molecule is CC(C)c1cc(-c2ccccc2)cc(C(C)C)c1-n1c(-c2[c-]ccc3c2oc2cc(-c4ccccc4)ccc23)nc2ccccc21.Cc1[c-]c(-c2nccc3cc(C(C)C)ccc23)cc(C)c1.[Ir]. The number of pyridine rings is 1. The quantitative estimate of drug-likeness (QED) is 0.142. The van der Waals surface area contributed by atoms with E-state index in [1.54, 1.807) is 0 Å². The molecule has 8 aromatic carbocycles. The predicted molar refractivity (Wildman–Crippen MR) is 281 cm³/mol. The molecule has 0 fully saturated rings. The minimum absolute atomic E-state index is 0. The largest absolute Gasteiger partial charge is 0.501 e. The van der Waals surface area contributed by atoms with Crippen molar-refractivity contribution in [2.75, 3.05) is 0 Å². The van der Waals surface area contributed by atoms with Crippen molar-refractivity contribution in [2.24, 2.45) is 0 Å². The molecule has 0 aliphatic carbocycles. The van der Waals surface area contributed by atoms with Gasteiger partial charge in [-0.25, -0.2) is 0 Å². The monoisotopic (exact) mass is 1060 g/mol. The maximum atomic E-state index is 6.73. The average Bonchev–Trinajstić information content (AvgIpc) is 3.92. The van der Waals surface area contributed by atoms with Crippen LogP contribution < -0.4 is 0 Å². The molecule has 3 heterocycles. The minimum atomic E-state index is 0. The van der Waals surface area contributed by atoms with Crippen LogP contribution in [0.2, 0.25) is 0 Å². The zero-order chi connectivity index (χ0) is 46.3. The van der Waals surface area contributed by atoms with E-state index in [0.717, 1.165) is 66.7 Å². The molecule has 0 unspecified atom stereocenters. The Labute approximate surface area is 414 Å². The maximum Gasteiger partial charge on any atom is 0.121 e. The van der Waals surface area contributed by atoms with Crippen LogP contribution in [0.15, 0.2) is 174 Å². The van der Waals surface area contributed by atoms with Crippen molar-refractivity contribution in [3.8, 4) is 50.6 Å². The van der Waals surface area contributed by atoms with Crippen LogP contribution in [0.3, 0.4) is 0 Å². The van der Waals surface area contributed by atoms with Gasteiger partial charge in [0.1, 0.15) is 5.58 Å². The molecule has 0 spiro atoms. The summed E-state index contributed by atoms with van der Waals surface area (Å²) in [5.41, 5.74) is 19.0. The van der Waals surface area contributed by atoms with E-state index in [1.807, 2.05) is 18.3 Å². The Morgan fingerprint density at radius 2 is 1.24 bits per heavy atom. The van der Waals surface area contributed by atoms with Crippen molar-refractivity contribution in [3.63, 3.8) is 0 Å². The Bertz CT molecular complexity index is 3530. The molecule has 0 aliphatic rings. The molecule has 0 amide bonds. The third-order valence-electron chi connectivity index (χ3n) is 12.9. The van der Waals surface area contributed by atoms with Gasteiger partial charge in [-0.2, -0.15) is 0 Å². The van der Waals surface area contributed by atoms with Gasteiger partial charge in [-0.3, -0.25) is 4.98 Å². The summed E-state index contributed by atoms with van der Waals surface area (Å²) in [4.78, 5) is 9.90. The zero-order valence-electron chi connectivity index (χ0n) is 40.0. The molecule has 4 nitrogen and oxygen atoms in total. The fraction of sp³-hybridized carbons (Fsp3) is 0.175. The Hall–Kier alpha value is -6.91. The second-order valence-corrected chi connectivity index (χ2v) is 18.8. The van der Waals surface area contributed by atoms with Crippen molar-refractivity contribution < 1.29 is 24.5 Å². The van der Waals surface area contributed by atoms with Crippen LogP contribution in [0.1, 0.15) is 87.1 Å². The summed E-state index contributed by atoms with van der Waals surface area (Å²) in [6.45, 7) is 17.8. The number of aryl methyl sites for hydroxylation is 2. The van der Waals surface area contributed by atoms with Crippen molar-refractivity contribution in [2.45, 2.75) is 73.1 Å². The number of furan rings is 1. The molecule has 0 aliphatic heterocycles. The van der Waals surface area contributed by atoms with Crippen LogP contribution in [-0.4, -0.2) is 14.5 Å². The number of hydrogen-bond donors (Lipinski definition) is 0. The molecule has 5 heteroatoms. The fourth-order valence-corrected chi connectivity index (χ4v) is 9.55. The summed E-state index contributed by atoms with van der Waals surface area (Å²) >= 11 is 0. The van der Waals surface area contributed by atoms with Gasteiger partial charge in [-0.05, 0) is 110 Å². The van der Waals surface area contributed by atoms with Gasteiger partial charge < -0.3 is 14.0 Å². The summed E-state index contributed by atoms with van der Waals surface area (Å²) in [7, 11) is 0. The maximum absolute atomic E-state index is 6.73. The summed E-state index contributed by atoms with van der Waals surface area (Å²) in [5, 5.41) is 4.60. The van der Waals surface area contributed by atoms with Crippen LogP contribution in [0, 0.1) is 26.0 Å². The molecule has 0 saturated heterocycles. The number of hydrogen-bond acceptors (Lipinski definition) is 3. The smallest absolute Gasteiger partial charge is 0.121 e. The van der Waals surface area contributed by atoms with Gasteiger partial charge in [0.2, 0.25) is 0 Å². The second-order valence-electron chi connectivity index (χ2n) is 18.8. The molecule has 11 aromatic rings. The van der Waals surface area contributed by atoms with Crippen LogP contribution >= 0.6 is 0 Å². The average molecular weight is 1060 g/mol. The van der Waals surface area contributed by atoms with Crippen molar-refractivity contribution in [1.29, 1.82) is 0 Å². The van der Waals surface area contributed by atoms with E-state index in [1.165, 1.54) is 55.4 Å². The number of para-hydroxylation sites is 2. The first-order chi connectivity index (χ1) is 32.5. The molecule has 68 heavy (non-hydrogen) atoms. The number of benzene rings is 8. The molecular weight excluding hydrogens is 1010 g/mol. The molecule has 0 atom stereocenters. The number of aromatic nitrogens is 3. The normalized spacial score (nSPS) is 11.5. The first-order valence-electron chi connectivity index (χ1n) is 23.6. The molecule has 0 N–H and O–H groups in total. The first-order valence-corrected chi connectivity index (χ1v) is 23.6. The van der Waals surface area contributed by atoms with Gasteiger partial charge >= 0.3 is 0 Å². The number of nitrogens with zero attached hydrogens (tertiary/aromatic N) is 3. The first kappa shape index (κ1) is 46.2. The van der Waals surface area contributed by atoms with Gasteiger partial charge in [0.25, 0.3) is 0 Å². The predicted octanol–water partition coefficient (Wildman–Crippen LogP) is 17.4. The second kappa shape index (κ2) is 19.4. The molecule has 11 rings (SSSR count). The van der Waals surface area contributed by atoms with Gasteiger partial charge in [-0.15, -0.1) is 53.1 Å². The van der Waals surface area contributed by atoms with Gasteiger partial charge in [0.05, 0.1) is 22.4 Å². The van der Waals surface area contributed by atoms with Crippen molar-refractivity contribution in [1.82, 2.24) is 14.5 Å². The molecule has 3 aromatic heterocycles. The van der Waals surface area contributed by atoms with Crippen molar-refractivity contribution in [3.05, 3.63) is 210 Å². The van der Waals surface area contributed by atoms with Crippen LogP contribution in [-0.2, 0) is 20.1 Å². The Morgan fingerprint density at radius 1 is 0.574 bits per heavy atom. The van der Waals surface area contributed by atoms with Gasteiger partial charge in [-0.1, -0.05) is 169 Å². The molecule has 0 bridgehead atoms. The van der Waals surface area contributed by atoms with Crippen molar-refractivity contribution >= 4 is 43.7 Å². The minimum Gasteiger partial charge on any atom is -0.501 e. The number of rotatable bonds is 8. The summed E-state index contributed by atoms with van der Waals surface area (Å²) < 4.78 is 9.10. The Balaban J connectivity index is 0.000000220. The molecule has 1 radical (unpaired) electrons. The van der Waals surface area contributed by atoms with E-state index >= 15 is 0 Å².